The number of aromatic nitrogens is 1. The molecule has 0 unspecified atom stereocenters. The quantitative estimate of drug-likeness (QED) is 0.693. The van der Waals surface area contributed by atoms with Gasteiger partial charge in [-0.1, -0.05) is 37.3 Å². The zero-order valence-corrected chi connectivity index (χ0v) is 21.2. The standard InChI is InChI=1S/C28H34N4O4/c1-4-23-26(33)30-24(21-15-19-7-5-6-8-20(19)16-21)27(34)32(23)25(22-10-9-17(2)29-18(22)3)28(35)31-11-13-36-14-12-31/h5-10,21,23-25H,4,11-16H2,1-3H3,(H,30,33)/t23-,24-,25-/m1/s1. The average Bonchev–Trinajstić information content (AvgIpc) is 3.31. The molecule has 3 aliphatic rings. The summed E-state index contributed by atoms with van der Waals surface area (Å²) in [6.45, 7) is 7.48. The fourth-order valence-corrected chi connectivity index (χ4v) is 5.93. The Balaban J connectivity index is 1.55. The Morgan fingerprint density at radius 2 is 1.75 bits per heavy atom. The van der Waals surface area contributed by atoms with E-state index >= 15 is 0 Å². The minimum absolute atomic E-state index is 0.0458. The van der Waals surface area contributed by atoms with E-state index in [1.807, 2.05) is 45.0 Å². The summed E-state index contributed by atoms with van der Waals surface area (Å²) in [6.07, 6.45) is 1.87. The van der Waals surface area contributed by atoms with Gasteiger partial charge in [-0.25, -0.2) is 0 Å². The van der Waals surface area contributed by atoms with Gasteiger partial charge < -0.3 is 19.9 Å². The summed E-state index contributed by atoms with van der Waals surface area (Å²) in [7, 11) is 0. The normalized spacial score (nSPS) is 23.4. The van der Waals surface area contributed by atoms with E-state index < -0.39 is 18.1 Å². The van der Waals surface area contributed by atoms with E-state index in [0.29, 0.717) is 44.0 Å². The van der Waals surface area contributed by atoms with E-state index in [4.69, 9.17) is 4.74 Å². The van der Waals surface area contributed by atoms with Gasteiger partial charge in [0, 0.05) is 30.0 Å². The molecule has 190 valence electrons. The molecule has 0 bridgehead atoms. The lowest BCUT2D eigenvalue weighted by Crippen LogP contribution is -2.67. The van der Waals surface area contributed by atoms with Gasteiger partial charge in [0.1, 0.15) is 18.1 Å². The number of fused-ring (bicyclic) bond motifs is 1. The minimum atomic E-state index is -0.911. The highest BCUT2D eigenvalue weighted by Gasteiger charge is 2.49. The third kappa shape index (κ3) is 4.39. The summed E-state index contributed by atoms with van der Waals surface area (Å²) >= 11 is 0. The number of carbonyl (C=O) groups is 3. The van der Waals surface area contributed by atoms with E-state index in [0.717, 1.165) is 18.5 Å². The van der Waals surface area contributed by atoms with Crippen LogP contribution < -0.4 is 5.32 Å². The molecule has 3 atom stereocenters. The van der Waals surface area contributed by atoms with E-state index in [2.05, 4.69) is 22.4 Å². The fourth-order valence-electron chi connectivity index (χ4n) is 5.93. The first-order chi connectivity index (χ1) is 17.4. The van der Waals surface area contributed by atoms with Gasteiger partial charge in [0.2, 0.25) is 17.7 Å². The van der Waals surface area contributed by atoms with Crippen LogP contribution in [0.1, 0.15) is 47.5 Å². The van der Waals surface area contributed by atoms with Crippen LogP contribution in [-0.4, -0.2) is 70.9 Å². The molecule has 1 aliphatic carbocycles. The zero-order valence-electron chi connectivity index (χ0n) is 21.2. The maximum atomic E-state index is 14.3. The number of morpholine rings is 1. The second kappa shape index (κ2) is 10.0. The number of aryl methyl sites for hydroxylation is 2. The number of pyridine rings is 1. The summed E-state index contributed by atoms with van der Waals surface area (Å²) in [5, 5.41) is 3.03. The van der Waals surface area contributed by atoms with Crippen molar-refractivity contribution in [1.82, 2.24) is 20.1 Å². The van der Waals surface area contributed by atoms with Crippen LogP contribution in [0.5, 0.6) is 0 Å². The van der Waals surface area contributed by atoms with E-state index in [1.165, 1.54) is 11.1 Å². The molecule has 2 fully saturated rings. The van der Waals surface area contributed by atoms with Gasteiger partial charge >= 0.3 is 0 Å². The van der Waals surface area contributed by atoms with Crippen LogP contribution >= 0.6 is 0 Å². The van der Waals surface area contributed by atoms with Gasteiger partial charge in [-0.3, -0.25) is 19.4 Å². The Morgan fingerprint density at radius 3 is 2.36 bits per heavy atom. The highest BCUT2D eigenvalue weighted by atomic mass is 16.5. The highest BCUT2D eigenvalue weighted by Crippen LogP contribution is 2.36. The molecule has 1 aromatic carbocycles. The molecule has 3 heterocycles. The molecular formula is C28H34N4O4. The molecule has 2 aromatic rings. The summed E-state index contributed by atoms with van der Waals surface area (Å²) in [5.74, 6) is -0.612. The van der Waals surface area contributed by atoms with E-state index in [9.17, 15) is 14.4 Å². The minimum Gasteiger partial charge on any atom is -0.378 e. The second-order valence-corrected chi connectivity index (χ2v) is 10.1. The molecule has 5 rings (SSSR count). The zero-order chi connectivity index (χ0) is 25.4. The lowest BCUT2D eigenvalue weighted by molar-refractivity contribution is -0.161. The third-order valence-electron chi connectivity index (χ3n) is 7.79. The van der Waals surface area contributed by atoms with Crippen LogP contribution in [0.2, 0.25) is 0 Å². The number of carbonyl (C=O) groups excluding carboxylic acids is 3. The molecular weight excluding hydrogens is 456 g/mol. The Morgan fingerprint density at radius 1 is 1.08 bits per heavy atom. The molecule has 0 radical (unpaired) electrons. The van der Waals surface area contributed by atoms with Crippen molar-refractivity contribution in [2.45, 2.75) is 58.2 Å². The number of nitrogens with one attached hydrogen (secondary N) is 1. The number of hydrogen-bond donors (Lipinski definition) is 1. The maximum Gasteiger partial charge on any atom is 0.250 e. The molecule has 1 aromatic heterocycles. The molecule has 8 nitrogen and oxygen atoms in total. The number of ether oxygens (including phenoxy) is 1. The number of piperazine rings is 1. The number of hydrogen-bond acceptors (Lipinski definition) is 5. The lowest BCUT2D eigenvalue weighted by Gasteiger charge is -2.45. The maximum absolute atomic E-state index is 14.3. The smallest absolute Gasteiger partial charge is 0.250 e. The lowest BCUT2D eigenvalue weighted by atomic mass is 9.89. The largest absolute Gasteiger partial charge is 0.378 e. The van der Waals surface area contributed by atoms with Gasteiger partial charge in [0.25, 0.3) is 0 Å². The van der Waals surface area contributed by atoms with Crippen LogP contribution in [0.4, 0.5) is 0 Å². The summed E-state index contributed by atoms with van der Waals surface area (Å²) < 4.78 is 5.47. The van der Waals surface area contributed by atoms with Crippen molar-refractivity contribution in [3.05, 3.63) is 64.5 Å². The first-order valence-corrected chi connectivity index (χ1v) is 12.9. The van der Waals surface area contributed by atoms with Crippen molar-refractivity contribution >= 4 is 17.7 Å². The second-order valence-electron chi connectivity index (χ2n) is 10.1. The summed E-state index contributed by atoms with van der Waals surface area (Å²) in [4.78, 5) is 49.7. The van der Waals surface area contributed by atoms with Crippen molar-refractivity contribution in [2.75, 3.05) is 26.3 Å². The number of rotatable bonds is 5. The molecule has 0 spiro atoms. The van der Waals surface area contributed by atoms with Gasteiger partial charge in [0.05, 0.1) is 13.2 Å². The summed E-state index contributed by atoms with van der Waals surface area (Å²) in [6, 6.07) is 9.62. The van der Waals surface area contributed by atoms with E-state index in [1.54, 1.807) is 9.80 Å². The number of nitrogens with zero attached hydrogens (tertiary/aromatic N) is 3. The van der Waals surface area contributed by atoms with Crippen LogP contribution in [0.3, 0.4) is 0 Å². The Hall–Kier alpha value is -3.26. The topological polar surface area (TPSA) is 91.8 Å². The van der Waals surface area contributed by atoms with Gasteiger partial charge in [0.15, 0.2) is 0 Å². The Kier molecular flexibility index (Phi) is 6.79. The molecule has 2 aliphatic heterocycles. The number of amides is 3. The van der Waals surface area contributed by atoms with Gasteiger partial charge in [-0.05, 0) is 56.2 Å². The van der Waals surface area contributed by atoms with Crippen molar-refractivity contribution in [1.29, 1.82) is 0 Å². The third-order valence-corrected chi connectivity index (χ3v) is 7.79. The Labute approximate surface area is 212 Å². The first kappa shape index (κ1) is 24.4. The molecule has 0 saturated carbocycles. The van der Waals surface area contributed by atoms with Crippen LogP contribution in [0, 0.1) is 19.8 Å². The summed E-state index contributed by atoms with van der Waals surface area (Å²) in [5.41, 5.74) is 4.64. The van der Waals surface area contributed by atoms with Crippen molar-refractivity contribution in [2.24, 2.45) is 5.92 Å². The van der Waals surface area contributed by atoms with Crippen LogP contribution in [0.25, 0.3) is 0 Å². The van der Waals surface area contributed by atoms with Gasteiger partial charge in [-0.15, -0.1) is 0 Å². The predicted octanol–water partition coefficient (Wildman–Crippen LogP) is 2.12. The van der Waals surface area contributed by atoms with Crippen molar-refractivity contribution < 1.29 is 19.1 Å². The monoisotopic (exact) mass is 490 g/mol. The first-order valence-electron chi connectivity index (χ1n) is 12.9. The van der Waals surface area contributed by atoms with Crippen LogP contribution in [0.15, 0.2) is 36.4 Å². The van der Waals surface area contributed by atoms with Crippen molar-refractivity contribution in [3.8, 4) is 0 Å². The van der Waals surface area contributed by atoms with Crippen LogP contribution in [-0.2, 0) is 32.0 Å². The Bertz CT molecular complexity index is 1150. The fraction of sp³-hybridized carbons (Fsp3) is 0.500. The predicted molar refractivity (Wildman–Crippen MR) is 134 cm³/mol. The molecule has 3 amide bonds. The molecule has 8 heteroatoms. The van der Waals surface area contributed by atoms with E-state index in [-0.39, 0.29) is 23.6 Å². The van der Waals surface area contributed by atoms with Crippen molar-refractivity contribution in [3.63, 3.8) is 0 Å². The highest BCUT2D eigenvalue weighted by molar-refractivity contribution is 6.00. The molecule has 2 saturated heterocycles. The molecule has 36 heavy (non-hydrogen) atoms. The van der Waals surface area contributed by atoms with Gasteiger partial charge in [-0.2, -0.15) is 0 Å². The number of benzene rings is 1. The SMILES string of the molecule is CC[C@@H]1C(=O)N[C@H](C2Cc3ccccc3C2)C(=O)N1[C@@H](C(=O)N1CCOCC1)c1ccc(C)nc1C. The molecule has 1 N–H and O–H groups in total. The average molecular weight is 491 g/mol.